The fourth-order valence-corrected chi connectivity index (χ4v) is 3.43. The number of carbonyl (C=O) groups is 1. The van der Waals surface area contributed by atoms with E-state index in [1.165, 1.54) is 16.6 Å². The van der Waals surface area contributed by atoms with E-state index >= 15 is 0 Å². The van der Waals surface area contributed by atoms with Crippen LogP contribution in [0.4, 0.5) is 0 Å². The number of primary amides is 1. The number of amides is 1. The summed E-state index contributed by atoms with van der Waals surface area (Å²) in [4.78, 5) is 16.6. The highest BCUT2D eigenvalue weighted by atomic mass is 32.1. The summed E-state index contributed by atoms with van der Waals surface area (Å²) in [5, 5.41) is 5.68. The standard InChI is InChI=1S/C21H23N3O2S/c1-15(23-11-10-19-3-2-12-27-19)13-16-4-7-18(8-5-16)26-20-9-6-17(14-24-20)21(22)25/h2-9,12,14-15,23H,10-11,13H2,1H3,(H2,22,25). The minimum Gasteiger partial charge on any atom is -0.439 e. The van der Waals surface area contributed by atoms with Gasteiger partial charge < -0.3 is 15.8 Å². The Hall–Kier alpha value is -2.70. The van der Waals surface area contributed by atoms with Gasteiger partial charge in [-0.3, -0.25) is 4.79 Å². The molecule has 140 valence electrons. The molecule has 5 nitrogen and oxygen atoms in total. The molecule has 0 spiro atoms. The van der Waals surface area contributed by atoms with Gasteiger partial charge in [0.15, 0.2) is 0 Å². The summed E-state index contributed by atoms with van der Waals surface area (Å²) in [5.74, 6) is 0.629. The molecule has 2 aromatic heterocycles. The van der Waals surface area contributed by atoms with Gasteiger partial charge in [-0.15, -0.1) is 11.3 Å². The molecule has 0 aliphatic heterocycles. The Morgan fingerprint density at radius 3 is 2.67 bits per heavy atom. The van der Waals surface area contributed by atoms with E-state index in [0.29, 0.717) is 23.2 Å². The summed E-state index contributed by atoms with van der Waals surface area (Å²) in [5.41, 5.74) is 6.81. The van der Waals surface area contributed by atoms with Crippen LogP contribution in [0.25, 0.3) is 0 Å². The Morgan fingerprint density at radius 1 is 1.22 bits per heavy atom. The summed E-state index contributed by atoms with van der Waals surface area (Å²) in [6.45, 7) is 3.18. The van der Waals surface area contributed by atoms with Crippen molar-refractivity contribution >= 4 is 17.2 Å². The third kappa shape index (κ3) is 5.91. The number of aromatic nitrogens is 1. The highest BCUT2D eigenvalue weighted by Gasteiger charge is 2.06. The van der Waals surface area contributed by atoms with Gasteiger partial charge in [-0.05, 0) is 55.0 Å². The smallest absolute Gasteiger partial charge is 0.250 e. The SMILES string of the molecule is CC(Cc1ccc(Oc2ccc(C(N)=O)cn2)cc1)NCCc1cccs1. The number of nitrogens with one attached hydrogen (secondary N) is 1. The highest BCUT2D eigenvalue weighted by Crippen LogP contribution is 2.20. The maximum Gasteiger partial charge on any atom is 0.250 e. The number of benzene rings is 1. The lowest BCUT2D eigenvalue weighted by Gasteiger charge is -2.14. The lowest BCUT2D eigenvalue weighted by molar-refractivity contribution is 0.1000. The number of nitrogens with zero attached hydrogens (tertiary/aromatic N) is 1. The number of ether oxygens (including phenoxy) is 1. The average Bonchev–Trinajstić information content (AvgIpc) is 3.17. The number of hydrogen-bond donors (Lipinski definition) is 2. The van der Waals surface area contributed by atoms with Crippen molar-refractivity contribution < 1.29 is 9.53 Å². The first kappa shape index (κ1) is 19.1. The Balaban J connectivity index is 1.47. The molecule has 1 unspecified atom stereocenters. The van der Waals surface area contributed by atoms with Crippen LogP contribution in [0.1, 0.15) is 27.7 Å². The van der Waals surface area contributed by atoms with Crippen LogP contribution in [0.15, 0.2) is 60.1 Å². The number of pyridine rings is 1. The second kappa shape index (κ2) is 9.30. The van der Waals surface area contributed by atoms with E-state index in [1.807, 2.05) is 12.1 Å². The lowest BCUT2D eigenvalue weighted by atomic mass is 10.1. The Kier molecular flexibility index (Phi) is 6.57. The molecular formula is C21H23N3O2S. The van der Waals surface area contributed by atoms with Crippen LogP contribution in [0.2, 0.25) is 0 Å². The first-order valence-electron chi connectivity index (χ1n) is 8.88. The molecule has 0 fully saturated rings. The first-order chi connectivity index (χ1) is 13.1. The topological polar surface area (TPSA) is 77.2 Å². The van der Waals surface area contributed by atoms with Gasteiger partial charge in [0.2, 0.25) is 11.8 Å². The second-order valence-corrected chi connectivity index (χ2v) is 7.42. The number of rotatable bonds is 9. The maximum atomic E-state index is 11.1. The summed E-state index contributed by atoms with van der Waals surface area (Å²) in [6, 6.07) is 15.9. The van der Waals surface area contributed by atoms with Crippen LogP contribution in [0, 0.1) is 0 Å². The van der Waals surface area contributed by atoms with Gasteiger partial charge in [0.25, 0.3) is 0 Å². The predicted molar refractivity (Wildman–Crippen MR) is 108 cm³/mol. The van der Waals surface area contributed by atoms with E-state index in [-0.39, 0.29) is 0 Å². The number of hydrogen-bond acceptors (Lipinski definition) is 5. The Labute approximate surface area is 163 Å². The highest BCUT2D eigenvalue weighted by molar-refractivity contribution is 7.09. The van der Waals surface area contributed by atoms with Crippen LogP contribution in [0.3, 0.4) is 0 Å². The molecule has 1 atom stereocenters. The van der Waals surface area contributed by atoms with Gasteiger partial charge in [0.1, 0.15) is 5.75 Å². The minimum absolute atomic E-state index is 0.360. The largest absolute Gasteiger partial charge is 0.439 e. The fourth-order valence-electron chi connectivity index (χ4n) is 2.72. The summed E-state index contributed by atoms with van der Waals surface area (Å²) in [7, 11) is 0. The van der Waals surface area contributed by atoms with E-state index in [0.717, 1.165) is 19.4 Å². The van der Waals surface area contributed by atoms with Crippen molar-refractivity contribution in [2.45, 2.75) is 25.8 Å². The van der Waals surface area contributed by atoms with Gasteiger partial charge in [0, 0.05) is 29.7 Å². The van der Waals surface area contributed by atoms with Crippen molar-refractivity contribution in [3.8, 4) is 11.6 Å². The zero-order valence-electron chi connectivity index (χ0n) is 15.2. The molecular weight excluding hydrogens is 358 g/mol. The molecule has 0 radical (unpaired) electrons. The van der Waals surface area contributed by atoms with Gasteiger partial charge in [-0.25, -0.2) is 4.98 Å². The molecule has 1 aromatic carbocycles. The Bertz CT molecular complexity index is 846. The fraction of sp³-hybridized carbons (Fsp3) is 0.238. The molecule has 1 amide bonds. The minimum atomic E-state index is -0.503. The van der Waals surface area contributed by atoms with E-state index < -0.39 is 5.91 Å². The molecule has 0 aliphatic carbocycles. The molecule has 3 N–H and O–H groups in total. The van der Waals surface area contributed by atoms with Crippen LogP contribution < -0.4 is 15.8 Å². The maximum absolute atomic E-state index is 11.1. The second-order valence-electron chi connectivity index (χ2n) is 6.38. The van der Waals surface area contributed by atoms with E-state index in [4.69, 9.17) is 10.5 Å². The van der Waals surface area contributed by atoms with Crippen molar-refractivity contribution in [3.05, 3.63) is 76.1 Å². The predicted octanol–water partition coefficient (Wildman–Crippen LogP) is 3.80. The molecule has 0 bridgehead atoms. The van der Waals surface area contributed by atoms with Gasteiger partial charge >= 0.3 is 0 Å². The van der Waals surface area contributed by atoms with Crippen LogP contribution in [-0.4, -0.2) is 23.5 Å². The molecule has 3 rings (SSSR count). The monoisotopic (exact) mass is 381 g/mol. The van der Waals surface area contributed by atoms with Crippen LogP contribution >= 0.6 is 11.3 Å². The molecule has 27 heavy (non-hydrogen) atoms. The van der Waals surface area contributed by atoms with Crippen LogP contribution in [0.5, 0.6) is 11.6 Å². The molecule has 0 saturated carbocycles. The normalized spacial score (nSPS) is 11.9. The zero-order valence-corrected chi connectivity index (χ0v) is 16.0. The Morgan fingerprint density at radius 2 is 2.04 bits per heavy atom. The molecule has 3 aromatic rings. The molecule has 0 saturated heterocycles. The van der Waals surface area contributed by atoms with Gasteiger partial charge in [-0.2, -0.15) is 0 Å². The van der Waals surface area contributed by atoms with E-state index in [2.05, 4.69) is 46.9 Å². The third-order valence-corrected chi connectivity index (χ3v) is 5.09. The van der Waals surface area contributed by atoms with Crippen molar-refractivity contribution in [2.75, 3.05) is 6.54 Å². The van der Waals surface area contributed by atoms with Crippen molar-refractivity contribution in [3.63, 3.8) is 0 Å². The van der Waals surface area contributed by atoms with Crippen LogP contribution in [-0.2, 0) is 12.8 Å². The summed E-state index contributed by atoms with van der Waals surface area (Å²) >= 11 is 1.80. The number of thiophene rings is 1. The first-order valence-corrected chi connectivity index (χ1v) is 9.76. The quantitative estimate of drug-likeness (QED) is 0.591. The van der Waals surface area contributed by atoms with E-state index in [1.54, 1.807) is 23.5 Å². The van der Waals surface area contributed by atoms with Crippen molar-refractivity contribution in [1.29, 1.82) is 0 Å². The summed E-state index contributed by atoms with van der Waals surface area (Å²) in [6.07, 6.45) is 3.43. The lowest BCUT2D eigenvalue weighted by Crippen LogP contribution is -2.29. The summed E-state index contributed by atoms with van der Waals surface area (Å²) < 4.78 is 5.70. The molecule has 2 heterocycles. The van der Waals surface area contributed by atoms with Gasteiger partial charge in [-0.1, -0.05) is 18.2 Å². The average molecular weight is 382 g/mol. The third-order valence-electron chi connectivity index (χ3n) is 4.15. The van der Waals surface area contributed by atoms with E-state index in [9.17, 15) is 4.79 Å². The van der Waals surface area contributed by atoms with Crippen molar-refractivity contribution in [1.82, 2.24) is 10.3 Å². The van der Waals surface area contributed by atoms with Gasteiger partial charge in [0.05, 0.1) is 5.56 Å². The molecule has 6 heteroatoms. The van der Waals surface area contributed by atoms with Crippen molar-refractivity contribution in [2.24, 2.45) is 5.73 Å². The number of carbonyl (C=O) groups excluding carboxylic acids is 1. The molecule has 0 aliphatic rings. The zero-order chi connectivity index (χ0) is 19.1. The number of nitrogens with two attached hydrogens (primary N) is 1.